The van der Waals surface area contributed by atoms with Gasteiger partial charge >= 0.3 is 0 Å². The minimum Gasteiger partial charge on any atom is -0.387 e. The van der Waals surface area contributed by atoms with E-state index in [0.29, 0.717) is 11.8 Å². The molecule has 2 aromatic rings. The number of hydrogen-bond acceptors (Lipinski definition) is 3. The first kappa shape index (κ1) is 14.3. The van der Waals surface area contributed by atoms with Crippen molar-refractivity contribution in [3.8, 4) is 0 Å². The third-order valence-corrected chi connectivity index (χ3v) is 4.05. The molecule has 2 aromatic carbocycles. The monoisotopic (exact) mass is 298 g/mol. The third-order valence-electron chi connectivity index (χ3n) is 2.62. The number of benzene rings is 2. The van der Waals surface area contributed by atoms with Crippen molar-refractivity contribution in [1.82, 2.24) is 0 Å². The van der Waals surface area contributed by atoms with E-state index in [1.165, 1.54) is 6.07 Å². The zero-order chi connectivity index (χ0) is 14.8. The molecule has 0 bridgehead atoms. The molecule has 4 nitrogen and oxygen atoms in total. The largest absolute Gasteiger partial charge is 0.387 e. The van der Waals surface area contributed by atoms with Crippen LogP contribution in [0.25, 0.3) is 0 Å². The fourth-order valence-corrected chi connectivity index (χ4v) is 2.96. The van der Waals surface area contributed by atoms with Crippen LogP contribution >= 0.6 is 0 Å². The second-order valence-corrected chi connectivity index (χ2v) is 5.63. The van der Waals surface area contributed by atoms with Crippen molar-refractivity contribution in [2.75, 3.05) is 17.1 Å². The number of sulfonamides is 1. The summed E-state index contributed by atoms with van der Waals surface area (Å²) in [6.45, 7) is 0. The molecule has 0 aromatic heterocycles. The number of halogens is 2. The lowest BCUT2D eigenvalue weighted by Gasteiger charge is -2.12. The van der Waals surface area contributed by atoms with E-state index in [9.17, 15) is 17.2 Å². The van der Waals surface area contributed by atoms with Crippen molar-refractivity contribution < 1.29 is 17.2 Å². The smallest absolute Gasteiger partial charge is 0.264 e. The maximum absolute atomic E-state index is 13.5. The zero-order valence-corrected chi connectivity index (χ0v) is 11.3. The van der Waals surface area contributed by atoms with E-state index in [1.807, 2.05) is 0 Å². The molecule has 0 fully saturated rings. The molecule has 2 rings (SSSR count). The quantitative estimate of drug-likeness (QED) is 0.912. The lowest BCUT2D eigenvalue weighted by molar-refractivity contribution is 0.583. The molecule has 2 N–H and O–H groups in total. The maximum Gasteiger partial charge on any atom is 0.264 e. The van der Waals surface area contributed by atoms with Crippen molar-refractivity contribution in [1.29, 1.82) is 0 Å². The molecule has 0 unspecified atom stereocenters. The zero-order valence-electron chi connectivity index (χ0n) is 10.5. The summed E-state index contributed by atoms with van der Waals surface area (Å²) in [4.78, 5) is -0.0220. The minimum absolute atomic E-state index is 0.0220. The Bertz CT molecular complexity index is 733. The molecule has 0 aliphatic rings. The minimum atomic E-state index is -3.97. The molecule has 0 saturated heterocycles. The highest BCUT2D eigenvalue weighted by Gasteiger charge is 2.19. The number of nitrogens with one attached hydrogen (secondary N) is 2. The molecule has 0 atom stereocenters. The molecule has 20 heavy (non-hydrogen) atoms. The van der Waals surface area contributed by atoms with Gasteiger partial charge in [-0.2, -0.15) is 0 Å². The molecular weight excluding hydrogens is 286 g/mol. The maximum atomic E-state index is 13.5. The lowest BCUT2D eigenvalue weighted by atomic mass is 10.3. The molecule has 0 heterocycles. The first-order valence-corrected chi connectivity index (χ1v) is 7.17. The van der Waals surface area contributed by atoms with E-state index in [-0.39, 0.29) is 10.6 Å². The van der Waals surface area contributed by atoms with Gasteiger partial charge in [0, 0.05) is 13.1 Å². The van der Waals surface area contributed by atoms with Crippen molar-refractivity contribution >= 4 is 21.4 Å². The van der Waals surface area contributed by atoms with Gasteiger partial charge in [0.1, 0.15) is 16.5 Å². The van der Waals surface area contributed by atoms with Crippen LogP contribution in [0.2, 0.25) is 0 Å². The van der Waals surface area contributed by atoms with Gasteiger partial charge in [0.25, 0.3) is 10.0 Å². The Morgan fingerprint density at radius 3 is 2.35 bits per heavy atom. The average molecular weight is 298 g/mol. The van der Waals surface area contributed by atoms with Gasteiger partial charge in [-0.15, -0.1) is 0 Å². The molecule has 0 saturated carbocycles. The Morgan fingerprint density at radius 2 is 1.70 bits per heavy atom. The summed E-state index contributed by atoms with van der Waals surface area (Å²) in [7, 11) is -2.39. The van der Waals surface area contributed by atoms with E-state index in [1.54, 1.807) is 25.2 Å². The Balaban J connectivity index is 2.41. The first-order chi connectivity index (χ1) is 9.44. The summed E-state index contributed by atoms with van der Waals surface area (Å²) >= 11 is 0. The van der Waals surface area contributed by atoms with Gasteiger partial charge in [-0.25, -0.2) is 17.2 Å². The number of para-hydroxylation sites is 1. The summed E-state index contributed by atoms with van der Waals surface area (Å²) in [6.07, 6.45) is 0. The van der Waals surface area contributed by atoms with Crippen molar-refractivity contribution in [3.05, 3.63) is 54.1 Å². The standard InChI is InChI=1S/C13H12F2N2O2S/c1-16-12-4-2-3-5-13(12)20(18,19)17-11-7-6-9(14)8-10(11)15/h2-8,16-17H,1H3. The van der Waals surface area contributed by atoms with Gasteiger partial charge in [0.2, 0.25) is 0 Å². The predicted octanol–water partition coefficient (Wildman–Crippen LogP) is 2.81. The Hall–Kier alpha value is -2.15. The molecule has 0 aliphatic heterocycles. The van der Waals surface area contributed by atoms with Gasteiger partial charge in [-0.1, -0.05) is 12.1 Å². The van der Waals surface area contributed by atoms with Gasteiger partial charge in [0.15, 0.2) is 0 Å². The van der Waals surface area contributed by atoms with Gasteiger partial charge < -0.3 is 5.32 Å². The highest BCUT2D eigenvalue weighted by molar-refractivity contribution is 7.92. The van der Waals surface area contributed by atoms with Crippen LogP contribution in [-0.2, 0) is 10.0 Å². The van der Waals surface area contributed by atoms with Crippen LogP contribution in [-0.4, -0.2) is 15.5 Å². The Labute approximate surface area is 115 Å². The molecular formula is C13H12F2N2O2S. The number of rotatable bonds is 4. The van der Waals surface area contributed by atoms with E-state index in [0.717, 1.165) is 12.1 Å². The molecule has 0 spiro atoms. The molecule has 7 heteroatoms. The molecule has 0 amide bonds. The van der Waals surface area contributed by atoms with Crippen LogP contribution in [0, 0.1) is 11.6 Å². The lowest BCUT2D eigenvalue weighted by Crippen LogP contribution is -2.15. The van der Waals surface area contributed by atoms with Crippen LogP contribution in [0.4, 0.5) is 20.2 Å². The normalized spacial score (nSPS) is 11.2. The Kier molecular flexibility index (Phi) is 3.89. The topological polar surface area (TPSA) is 58.2 Å². The fourth-order valence-electron chi connectivity index (χ4n) is 1.68. The van der Waals surface area contributed by atoms with E-state index < -0.39 is 21.7 Å². The van der Waals surface area contributed by atoms with Gasteiger partial charge in [-0.05, 0) is 24.3 Å². The SMILES string of the molecule is CNc1ccccc1S(=O)(=O)Nc1ccc(F)cc1F. The highest BCUT2D eigenvalue weighted by atomic mass is 32.2. The summed E-state index contributed by atoms with van der Waals surface area (Å²) in [6, 6.07) is 8.81. The Morgan fingerprint density at radius 1 is 1.00 bits per heavy atom. The van der Waals surface area contributed by atoms with Crippen LogP contribution in [0.5, 0.6) is 0 Å². The average Bonchev–Trinajstić information content (AvgIpc) is 2.42. The van der Waals surface area contributed by atoms with Gasteiger partial charge in [-0.3, -0.25) is 4.72 Å². The van der Waals surface area contributed by atoms with Crippen LogP contribution in [0.3, 0.4) is 0 Å². The second kappa shape index (κ2) is 5.46. The highest BCUT2D eigenvalue weighted by Crippen LogP contribution is 2.24. The third kappa shape index (κ3) is 2.88. The molecule has 0 radical (unpaired) electrons. The van der Waals surface area contributed by atoms with Crippen molar-refractivity contribution in [2.24, 2.45) is 0 Å². The van der Waals surface area contributed by atoms with Gasteiger partial charge in [0.05, 0.1) is 11.4 Å². The van der Waals surface area contributed by atoms with E-state index in [2.05, 4.69) is 10.0 Å². The molecule has 0 aliphatic carbocycles. The van der Waals surface area contributed by atoms with E-state index in [4.69, 9.17) is 0 Å². The predicted molar refractivity (Wildman–Crippen MR) is 73.2 cm³/mol. The second-order valence-electron chi connectivity index (χ2n) is 3.98. The fraction of sp³-hybridized carbons (Fsp3) is 0.0769. The van der Waals surface area contributed by atoms with Crippen molar-refractivity contribution in [2.45, 2.75) is 4.90 Å². The number of hydrogen-bond donors (Lipinski definition) is 2. The van der Waals surface area contributed by atoms with Crippen LogP contribution in [0.1, 0.15) is 0 Å². The van der Waals surface area contributed by atoms with E-state index >= 15 is 0 Å². The first-order valence-electron chi connectivity index (χ1n) is 5.68. The number of anilines is 2. The summed E-state index contributed by atoms with van der Waals surface area (Å²) in [5, 5.41) is 2.74. The summed E-state index contributed by atoms with van der Waals surface area (Å²) < 4.78 is 52.8. The van der Waals surface area contributed by atoms with Crippen molar-refractivity contribution in [3.63, 3.8) is 0 Å². The van der Waals surface area contributed by atoms with Crippen LogP contribution < -0.4 is 10.0 Å². The summed E-state index contributed by atoms with van der Waals surface area (Å²) in [5.74, 6) is -1.75. The summed E-state index contributed by atoms with van der Waals surface area (Å²) in [5.41, 5.74) is 0.0693. The molecule has 106 valence electrons. The van der Waals surface area contributed by atoms with Crippen LogP contribution in [0.15, 0.2) is 47.4 Å².